The number of nitrogens with zero attached hydrogens (tertiary/aromatic N) is 3. The second kappa shape index (κ2) is 4.78. The number of hydrogen-bond acceptors (Lipinski definition) is 3. The zero-order valence-corrected chi connectivity index (χ0v) is 9.84. The zero-order chi connectivity index (χ0) is 12.3. The number of amides is 1. The number of nitrogens with one attached hydrogen (secondary N) is 1. The van der Waals surface area contributed by atoms with Crippen LogP contribution in [0.25, 0.3) is 0 Å². The lowest BCUT2D eigenvalue weighted by Gasteiger charge is -2.15. The molecule has 0 saturated carbocycles. The summed E-state index contributed by atoms with van der Waals surface area (Å²) in [6.45, 7) is 2.32. The molecule has 0 aliphatic heterocycles. The molecular weight excluding hydrogens is 216 g/mol. The standard InChI is InChI=1S/C12H14N4O/c1-9-11(14-15-13-9)12(17)16(2)8-10-6-4-3-5-7-10/h3-7H,8H2,1-2H3,(H,13,14,15). The van der Waals surface area contributed by atoms with Crippen LogP contribution in [0.4, 0.5) is 0 Å². The Morgan fingerprint density at radius 2 is 2.00 bits per heavy atom. The molecule has 0 fully saturated rings. The van der Waals surface area contributed by atoms with Crippen LogP contribution in [0.2, 0.25) is 0 Å². The van der Waals surface area contributed by atoms with Crippen LogP contribution in [-0.4, -0.2) is 33.3 Å². The van der Waals surface area contributed by atoms with E-state index in [1.54, 1.807) is 18.9 Å². The smallest absolute Gasteiger partial charge is 0.276 e. The Bertz CT molecular complexity index is 506. The Kier molecular flexibility index (Phi) is 3.18. The third kappa shape index (κ3) is 2.50. The molecule has 17 heavy (non-hydrogen) atoms. The van der Waals surface area contributed by atoms with Gasteiger partial charge in [0.05, 0.1) is 5.69 Å². The summed E-state index contributed by atoms with van der Waals surface area (Å²) in [7, 11) is 1.75. The third-order valence-corrected chi connectivity index (χ3v) is 2.53. The van der Waals surface area contributed by atoms with Crippen LogP contribution in [-0.2, 0) is 6.54 Å². The molecule has 5 heteroatoms. The second-order valence-corrected chi connectivity index (χ2v) is 3.90. The molecule has 2 aromatic rings. The number of carbonyl (C=O) groups excluding carboxylic acids is 1. The summed E-state index contributed by atoms with van der Waals surface area (Å²) in [6.07, 6.45) is 0. The molecule has 1 amide bonds. The molecule has 88 valence electrons. The van der Waals surface area contributed by atoms with E-state index in [1.807, 2.05) is 30.3 Å². The van der Waals surface area contributed by atoms with E-state index in [1.165, 1.54) is 0 Å². The van der Waals surface area contributed by atoms with E-state index in [-0.39, 0.29) is 5.91 Å². The van der Waals surface area contributed by atoms with E-state index in [9.17, 15) is 4.79 Å². The van der Waals surface area contributed by atoms with Crippen molar-refractivity contribution in [3.05, 3.63) is 47.3 Å². The maximum Gasteiger partial charge on any atom is 0.276 e. The van der Waals surface area contributed by atoms with Crippen LogP contribution in [0.3, 0.4) is 0 Å². The minimum Gasteiger partial charge on any atom is -0.336 e. The molecule has 0 radical (unpaired) electrons. The molecule has 1 aromatic heterocycles. The number of carbonyl (C=O) groups is 1. The highest BCUT2D eigenvalue weighted by atomic mass is 16.2. The van der Waals surface area contributed by atoms with Gasteiger partial charge in [0.2, 0.25) is 0 Å². The maximum absolute atomic E-state index is 12.0. The van der Waals surface area contributed by atoms with Crippen molar-refractivity contribution in [3.8, 4) is 0 Å². The Morgan fingerprint density at radius 1 is 1.29 bits per heavy atom. The Balaban J connectivity index is 2.09. The van der Waals surface area contributed by atoms with Gasteiger partial charge in [-0.1, -0.05) is 30.3 Å². The first-order valence-electron chi connectivity index (χ1n) is 5.35. The molecule has 0 aliphatic carbocycles. The minimum atomic E-state index is -0.125. The van der Waals surface area contributed by atoms with E-state index >= 15 is 0 Å². The summed E-state index contributed by atoms with van der Waals surface area (Å²) < 4.78 is 0. The van der Waals surface area contributed by atoms with Gasteiger partial charge in [0.25, 0.3) is 5.91 Å². The minimum absolute atomic E-state index is 0.125. The summed E-state index contributed by atoms with van der Waals surface area (Å²) >= 11 is 0. The summed E-state index contributed by atoms with van der Waals surface area (Å²) in [5.41, 5.74) is 2.09. The SMILES string of the molecule is Cc1n[nH]nc1C(=O)N(C)Cc1ccccc1. The van der Waals surface area contributed by atoms with Crippen LogP contribution < -0.4 is 0 Å². The van der Waals surface area contributed by atoms with Gasteiger partial charge in [-0.25, -0.2) is 0 Å². The summed E-state index contributed by atoms with van der Waals surface area (Å²) in [5.74, 6) is -0.125. The zero-order valence-electron chi connectivity index (χ0n) is 9.84. The molecule has 0 bridgehead atoms. The van der Waals surface area contributed by atoms with Crippen LogP contribution >= 0.6 is 0 Å². The molecule has 0 saturated heterocycles. The van der Waals surface area contributed by atoms with Crippen LogP contribution in [0.15, 0.2) is 30.3 Å². The number of rotatable bonds is 3. The molecule has 0 unspecified atom stereocenters. The first-order chi connectivity index (χ1) is 8.18. The van der Waals surface area contributed by atoms with Crippen molar-refractivity contribution < 1.29 is 4.79 Å². The molecule has 0 spiro atoms. The van der Waals surface area contributed by atoms with Crippen LogP contribution in [0, 0.1) is 6.92 Å². The van der Waals surface area contributed by atoms with Gasteiger partial charge in [-0.05, 0) is 12.5 Å². The third-order valence-electron chi connectivity index (χ3n) is 2.53. The first kappa shape index (κ1) is 11.3. The van der Waals surface area contributed by atoms with Gasteiger partial charge in [0.15, 0.2) is 5.69 Å². The predicted molar refractivity (Wildman–Crippen MR) is 63.4 cm³/mol. The van der Waals surface area contributed by atoms with Crippen molar-refractivity contribution in [1.29, 1.82) is 0 Å². The quantitative estimate of drug-likeness (QED) is 0.866. The van der Waals surface area contributed by atoms with Crippen LogP contribution in [0.5, 0.6) is 0 Å². The maximum atomic E-state index is 12.0. The van der Waals surface area contributed by atoms with E-state index in [0.29, 0.717) is 17.9 Å². The average molecular weight is 230 g/mol. The van der Waals surface area contributed by atoms with Gasteiger partial charge in [0, 0.05) is 13.6 Å². The average Bonchev–Trinajstić information content (AvgIpc) is 2.76. The lowest BCUT2D eigenvalue weighted by atomic mass is 10.2. The monoisotopic (exact) mass is 230 g/mol. The van der Waals surface area contributed by atoms with E-state index < -0.39 is 0 Å². The fourth-order valence-corrected chi connectivity index (χ4v) is 1.60. The van der Waals surface area contributed by atoms with E-state index in [4.69, 9.17) is 0 Å². The largest absolute Gasteiger partial charge is 0.336 e. The lowest BCUT2D eigenvalue weighted by Crippen LogP contribution is -2.27. The predicted octanol–water partition coefficient (Wildman–Crippen LogP) is 1.39. The Hall–Kier alpha value is -2.17. The number of hydrogen-bond donors (Lipinski definition) is 1. The fraction of sp³-hybridized carbons (Fsp3) is 0.250. The highest BCUT2D eigenvalue weighted by Gasteiger charge is 2.17. The molecule has 1 heterocycles. The Morgan fingerprint density at radius 3 is 2.59 bits per heavy atom. The molecule has 5 nitrogen and oxygen atoms in total. The molecule has 0 atom stereocenters. The normalized spacial score (nSPS) is 10.2. The number of aromatic amines is 1. The highest BCUT2D eigenvalue weighted by molar-refractivity contribution is 5.92. The van der Waals surface area contributed by atoms with Crippen molar-refractivity contribution in [1.82, 2.24) is 20.3 Å². The van der Waals surface area contributed by atoms with Crippen molar-refractivity contribution in [3.63, 3.8) is 0 Å². The molecular formula is C12H14N4O. The van der Waals surface area contributed by atoms with Crippen molar-refractivity contribution in [2.45, 2.75) is 13.5 Å². The fourth-order valence-electron chi connectivity index (χ4n) is 1.60. The number of benzene rings is 1. The van der Waals surface area contributed by atoms with E-state index in [0.717, 1.165) is 5.56 Å². The van der Waals surface area contributed by atoms with Gasteiger partial charge >= 0.3 is 0 Å². The molecule has 2 rings (SSSR count). The number of aromatic nitrogens is 3. The molecule has 1 aromatic carbocycles. The van der Waals surface area contributed by atoms with Gasteiger partial charge in [-0.2, -0.15) is 15.4 Å². The molecule has 0 aliphatic rings. The van der Waals surface area contributed by atoms with Crippen molar-refractivity contribution in [2.75, 3.05) is 7.05 Å². The second-order valence-electron chi connectivity index (χ2n) is 3.90. The van der Waals surface area contributed by atoms with Crippen molar-refractivity contribution in [2.24, 2.45) is 0 Å². The Labute approximate surface area is 99.5 Å². The van der Waals surface area contributed by atoms with Gasteiger partial charge in [-0.15, -0.1) is 0 Å². The van der Waals surface area contributed by atoms with E-state index in [2.05, 4.69) is 15.4 Å². The summed E-state index contributed by atoms with van der Waals surface area (Å²) in [5, 5.41) is 10.1. The highest BCUT2D eigenvalue weighted by Crippen LogP contribution is 2.07. The number of H-pyrrole nitrogens is 1. The lowest BCUT2D eigenvalue weighted by molar-refractivity contribution is 0.0778. The number of aryl methyl sites for hydroxylation is 1. The van der Waals surface area contributed by atoms with Gasteiger partial charge < -0.3 is 4.90 Å². The topological polar surface area (TPSA) is 61.9 Å². The first-order valence-corrected chi connectivity index (χ1v) is 5.35. The van der Waals surface area contributed by atoms with Gasteiger partial charge in [-0.3, -0.25) is 4.79 Å². The van der Waals surface area contributed by atoms with Gasteiger partial charge in [0.1, 0.15) is 0 Å². The van der Waals surface area contributed by atoms with Crippen molar-refractivity contribution >= 4 is 5.91 Å². The summed E-state index contributed by atoms with van der Waals surface area (Å²) in [4.78, 5) is 13.7. The molecule has 1 N–H and O–H groups in total. The summed E-state index contributed by atoms with van der Waals surface area (Å²) in [6, 6.07) is 9.83. The van der Waals surface area contributed by atoms with Crippen LogP contribution in [0.1, 0.15) is 21.7 Å².